The molecule has 0 atom stereocenters. The van der Waals surface area contributed by atoms with E-state index >= 15 is 0 Å². The number of hydrazine groups is 1. The average molecular weight is 437 g/mol. The van der Waals surface area contributed by atoms with E-state index in [0.29, 0.717) is 5.02 Å². The topological polar surface area (TPSA) is 84.5 Å². The number of amides is 2. The Morgan fingerprint density at radius 2 is 1.45 bits per heavy atom. The molecule has 0 bridgehead atoms. The van der Waals surface area contributed by atoms with Gasteiger partial charge in [0.1, 0.15) is 5.60 Å². The second-order valence-corrected chi connectivity index (χ2v) is 8.34. The summed E-state index contributed by atoms with van der Waals surface area (Å²) in [6.45, 7) is 8.76. The second kappa shape index (κ2) is 8.84. The predicted molar refractivity (Wildman–Crippen MR) is 113 cm³/mol. The molecule has 0 saturated heterocycles. The molecule has 6 nitrogen and oxygen atoms in total. The minimum absolute atomic E-state index is 0.111. The van der Waals surface area contributed by atoms with Gasteiger partial charge in [-0.3, -0.25) is 15.0 Å². The van der Waals surface area contributed by atoms with E-state index in [1.54, 1.807) is 32.9 Å². The molecule has 0 saturated carbocycles. The lowest BCUT2D eigenvalue weighted by atomic mass is 9.93. The Balaban J connectivity index is 2.33. The summed E-state index contributed by atoms with van der Waals surface area (Å²) in [5.74, 6) is -1.04. The molecule has 0 fully saturated rings. The van der Waals surface area contributed by atoms with E-state index < -0.39 is 23.4 Å². The first kappa shape index (κ1) is 22.7. The first-order valence-corrected chi connectivity index (χ1v) is 9.55. The first-order chi connectivity index (χ1) is 13.4. The summed E-state index contributed by atoms with van der Waals surface area (Å²) in [6, 6.07) is 7.71. The van der Waals surface area contributed by atoms with Crippen LogP contribution in [0.2, 0.25) is 10.0 Å². The third-order valence-corrected chi connectivity index (χ3v) is 4.72. The highest BCUT2D eigenvalue weighted by Gasteiger charge is 2.22. The molecule has 0 heterocycles. The molecule has 0 aliphatic carbocycles. The number of halogens is 2. The van der Waals surface area contributed by atoms with Crippen molar-refractivity contribution in [1.82, 2.24) is 10.9 Å². The molecular weight excluding hydrogens is 415 g/mol. The van der Waals surface area contributed by atoms with E-state index in [-0.39, 0.29) is 21.7 Å². The number of rotatable bonds is 3. The van der Waals surface area contributed by atoms with Crippen LogP contribution in [-0.2, 0) is 4.74 Å². The Morgan fingerprint density at radius 1 is 0.862 bits per heavy atom. The Morgan fingerprint density at radius 3 is 2.00 bits per heavy atom. The highest BCUT2D eigenvalue weighted by atomic mass is 35.5. The van der Waals surface area contributed by atoms with Crippen molar-refractivity contribution in [3.63, 3.8) is 0 Å². The van der Waals surface area contributed by atoms with Crippen LogP contribution in [0.3, 0.4) is 0 Å². The smallest absolute Gasteiger partial charge is 0.426 e. The van der Waals surface area contributed by atoms with Gasteiger partial charge in [0.15, 0.2) is 5.78 Å². The number of carbonyl (C=O) groups is 3. The quantitative estimate of drug-likeness (QED) is 0.522. The maximum Gasteiger partial charge on any atom is 0.426 e. The van der Waals surface area contributed by atoms with Crippen LogP contribution >= 0.6 is 23.2 Å². The molecule has 2 amide bonds. The number of carbonyl (C=O) groups excluding carboxylic acids is 3. The number of nitrogens with one attached hydrogen (secondary N) is 2. The standard InChI is InChI=1S/C21H22Cl2N2O4/c1-11-8-14(18(26)13-6-7-16(22)17(23)10-13)15(9-12(11)2)19(27)24-25-20(28)29-21(3,4)5/h6-10H,1-5H3,(H,24,27)(H,25,28). The van der Waals surface area contributed by atoms with Gasteiger partial charge in [-0.25, -0.2) is 10.2 Å². The van der Waals surface area contributed by atoms with Gasteiger partial charge in [-0.15, -0.1) is 0 Å². The van der Waals surface area contributed by atoms with Gasteiger partial charge < -0.3 is 4.74 Å². The SMILES string of the molecule is Cc1cc(C(=O)NNC(=O)OC(C)(C)C)c(C(=O)c2ccc(Cl)c(Cl)c2)cc1C. The second-order valence-electron chi connectivity index (χ2n) is 7.52. The summed E-state index contributed by atoms with van der Waals surface area (Å²) in [5.41, 5.74) is 5.97. The Bertz CT molecular complexity index is 981. The van der Waals surface area contributed by atoms with Crippen LogP contribution in [0.4, 0.5) is 4.79 Å². The Kier molecular flexibility index (Phi) is 6.93. The third-order valence-electron chi connectivity index (χ3n) is 3.98. The van der Waals surface area contributed by atoms with Gasteiger partial charge in [0.2, 0.25) is 0 Å². The molecule has 0 aliphatic rings. The number of benzene rings is 2. The summed E-state index contributed by atoms with van der Waals surface area (Å²) in [5, 5.41) is 0.557. The molecule has 0 radical (unpaired) electrons. The van der Waals surface area contributed by atoms with Crippen molar-refractivity contribution in [1.29, 1.82) is 0 Å². The van der Waals surface area contributed by atoms with Crippen LogP contribution < -0.4 is 10.9 Å². The van der Waals surface area contributed by atoms with Crippen molar-refractivity contribution in [2.45, 2.75) is 40.2 Å². The summed E-state index contributed by atoms with van der Waals surface area (Å²) < 4.78 is 5.08. The zero-order valence-electron chi connectivity index (χ0n) is 16.8. The van der Waals surface area contributed by atoms with Crippen LogP contribution in [0.15, 0.2) is 30.3 Å². The minimum Gasteiger partial charge on any atom is -0.443 e. The normalized spacial score (nSPS) is 11.0. The molecule has 0 aromatic heterocycles. The van der Waals surface area contributed by atoms with E-state index in [4.69, 9.17) is 27.9 Å². The Hall–Kier alpha value is -2.57. The predicted octanol–water partition coefficient (Wildman–Crippen LogP) is 5.01. The maximum atomic E-state index is 13.0. The molecule has 2 aromatic carbocycles. The average Bonchev–Trinajstić information content (AvgIpc) is 2.62. The summed E-state index contributed by atoms with van der Waals surface area (Å²) in [4.78, 5) is 37.5. The van der Waals surface area contributed by atoms with E-state index in [2.05, 4.69) is 10.9 Å². The van der Waals surface area contributed by atoms with Crippen LogP contribution in [0.5, 0.6) is 0 Å². The van der Waals surface area contributed by atoms with E-state index in [1.807, 2.05) is 13.8 Å². The van der Waals surface area contributed by atoms with E-state index in [0.717, 1.165) is 11.1 Å². The molecule has 154 valence electrons. The number of ether oxygens (including phenoxy) is 1. The molecule has 0 aliphatic heterocycles. The van der Waals surface area contributed by atoms with Gasteiger partial charge in [0.25, 0.3) is 5.91 Å². The largest absolute Gasteiger partial charge is 0.443 e. The lowest BCUT2D eigenvalue weighted by Crippen LogP contribution is -2.44. The molecule has 2 aromatic rings. The van der Waals surface area contributed by atoms with Crippen molar-refractivity contribution in [3.8, 4) is 0 Å². The lowest BCUT2D eigenvalue weighted by Gasteiger charge is -2.20. The van der Waals surface area contributed by atoms with Gasteiger partial charge in [-0.1, -0.05) is 23.2 Å². The number of hydrogen-bond donors (Lipinski definition) is 2. The lowest BCUT2D eigenvalue weighted by molar-refractivity contribution is 0.0483. The van der Waals surface area contributed by atoms with Gasteiger partial charge in [-0.05, 0) is 76.1 Å². The fraction of sp³-hybridized carbons (Fsp3) is 0.286. The summed E-state index contributed by atoms with van der Waals surface area (Å²) >= 11 is 11.9. The van der Waals surface area contributed by atoms with E-state index in [9.17, 15) is 14.4 Å². The number of hydrogen-bond acceptors (Lipinski definition) is 4. The zero-order chi connectivity index (χ0) is 21.9. The number of ketones is 1. The summed E-state index contributed by atoms with van der Waals surface area (Å²) in [6.07, 6.45) is -0.813. The fourth-order valence-electron chi connectivity index (χ4n) is 2.46. The monoisotopic (exact) mass is 436 g/mol. The van der Waals surface area contributed by atoms with Crippen LogP contribution in [0.1, 0.15) is 58.2 Å². The van der Waals surface area contributed by atoms with Gasteiger partial charge >= 0.3 is 6.09 Å². The third kappa shape index (κ3) is 5.95. The van der Waals surface area contributed by atoms with Crippen LogP contribution in [0, 0.1) is 13.8 Å². The van der Waals surface area contributed by atoms with Crippen LogP contribution in [0.25, 0.3) is 0 Å². The first-order valence-electron chi connectivity index (χ1n) is 8.79. The maximum absolute atomic E-state index is 13.0. The van der Waals surface area contributed by atoms with Gasteiger partial charge in [0, 0.05) is 11.1 Å². The van der Waals surface area contributed by atoms with Crippen LogP contribution in [-0.4, -0.2) is 23.4 Å². The Labute approximate surface area is 179 Å². The highest BCUT2D eigenvalue weighted by molar-refractivity contribution is 6.42. The van der Waals surface area contributed by atoms with Gasteiger partial charge in [-0.2, -0.15) is 0 Å². The molecule has 2 rings (SSSR count). The molecule has 8 heteroatoms. The molecular formula is C21H22Cl2N2O4. The van der Waals surface area contributed by atoms with Crippen molar-refractivity contribution in [2.24, 2.45) is 0 Å². The minimum atomic E-state index is -0.813. The molecule has 2 N–H and O–H groups in total. The molecule has 0 spiro atoms. The molecule has 0 unspecified atom stereocenters. The van der Waals surface area contributed by atoms with Crippen molar-refractivity contribution in [2.75, 3.05) is 0 Å². The van der Waals surface area contributed by atoms with Crippen molar-refractivity contribution < 1.29 is 19.1 Å². The van der Waals surface area contributed by atoms with Crippen molar-refractivity contribution in [3.05, 3.63) is 68.2 Å². The molecule has 29 heavy (non-hydrogen) atoms. The summed E-state index contributed by atoms with van der Waals surface area (Å²) in [7, 11) is 0. The van der Waals surface area contributed by atoms with Crippen molar-refractivity contribution >= 4 is 41.0 Å². The number of aryl methyl sites for hydroxylation is 2. The fourth-order valence-corrected chi connectivity index (χ4v) is 2.76. The zero-order valence-corrected chi connectivity index (χ0v) is 18.3. The van der Waals surface area contributed by atoms with Gasteiger partial charge in [0.05, 0.1) is 15.6 Å². The van der Waals surface area contributed by atoms with E-state index in [1.165, 1.54) is 18.2 Å². The highest BCUT2D eigenvalue weighted by Crippen LogP contribution is 2.26.